The molecule has 0 aliphatic carbocycles. The number of nitrogens with zero attached hydrogens (tertiary/aromatic N) is 1. The molecular formula is C12H17IN2OS. The lowest BCUT2D eigenvalue weighted by atomic mass is 10.1. The van der Waals surface area contributed by atoms with Crippen LogP contribution >= 0.6 is 33.9 Å². The molecule has 1 unspecified atom stereocenters. The first-order chi connectivity index (χ1) is 8.19. The number of hydrogen-bond acceptors (Lipinski definition) is 3. The van der Waals surface area contributed by atoms with Crippen molar-refractivity contribution in [3.8, 4) is 0 Å². The Labute approximate surface area is 120 Å². The normalized spacial score (nSPS) is 21.4. The first-order valence-electron chi connectivity index (χ1n) is 5.96. The fourth-order valence-corrected chi connectivity index (χ4v) is 3.48. The van der Waals surface area contributed by atoms with E-state index in [2.05, 4.69) is 39.7 Å². The maximum Gasteiger partial charge on any atom is 0.252 e. The molecule has 0 spiro atoms. The Morgan fingerprint density at radius 1 is 1.71 bits per heavy atom. The smallest absolute Gasteiger partial charge is 0.252 e. The van der Waals surface area contributed by atoms with E-state index in [1.165, 1.54) is 13.0 Å². The number of likely N-dealkylation sites (N-methyl/N-ethyl adjacent to an activating group) is 1. The molecule has 1 N–H and O–H groups in total. The fourth-order valence-electron chi connectivity index (χ4n) is 2.16. The Morgan fingerprint density at radius 2 is 2.53 bits per heavy atom. The topological polar surface area (TPSA) is 32.3 Å². The van der Waals surface area contributed by atoms with Crippen LogP contribution in [-0.4, -0.2) is 36.5 Å². The number of carbonyl (C=O) groups is 1. The number of thiophene rings is 1. The van der Waals surface area contributed by atoms with Crippen LogP contribution in [0.5, 0.6) is 0 Å². The number of hydrogen-bond donors (Lipinski definition) is 1. The Morgan fingerprint density at radius 3 is 3.18 bits per heavy atom. The molecule has 1 aromatic rings. The summed E-state index contributed by atoms with van der Waals surface area (Å²) in [7, 11) is 0. The van der Waals surface area contributed by atoms with Crippen molar-refractivity contribution < 1.29 is 4.79 Å². The van der Waals surface area contributed by atoms with E-state index < -0.39 is 0 Å². The minimum atomic E-state index is 0.0760. The Bertz CT molecular complexity index is 394. The van der Waals surface area contributed by atoms with Gasteiger partial charge in [-0.1, -0.05) is 6.92 Å². The molecule has 0 bridgehead atoms. The van der Waals surface area contributed by atoms with Gasteiger partial charge in [0.25, 0.3) is 5.91 Å². The number of likely N-dealkylation sites (tertiary alicyclic amines) is 1. The summed E-state index contributed by atoms with van der Waals surface area (Å²) >= 11 is 3.86. The molecule has 94 valence electrons. The largest absolute Gasteiger partial charge is 0.348 e. The Hall–Kier alpha value is -0.140. The molecule has 0 radical (unpaired) electrons. The van der Waals surface area contributed by atoms with E-state index in [0.29, 0.717) is 6.04 Å². The van der Waals surface area contributed by atoms with Crippen LogP contribution in [-0.2, 0) is 0 Å². The van der Waals surface area contributed by atoms with E-state index in [9.17, 15) is 4.79 Å². The third-order valence-corrected chi connectivity index (χ3v) is 4.91. The minimum Gasteiger partial charge on any atom is -0.348 e. The zero-order chi connectivity index (χ0) is 12.3. The SMILES string of the molecule is CCN1CCCC(NC(=O)c2csc(I)c2)C1. The summed E-state index contributed by atoms with van der Waals surface area (Å²) in [5.41, 5.74) is 0.799. The van der Waals surface area contributed by atoms with Crippen LogP contribution in [0.1, 0.15) is 30.1 Å². The van der Waals surface area contributed by atoms with Crippen LogP contribution < -0.4 is 5.32 Å². The quantitative estimate of drug-likeness (QED) is 0.837. The molecular weight excluding hydrogens is 347 g/mol. The van der Waals surface area contributed by atoms with Crippen molar-refractivity contribution in [2.45, 2.75) is 25.8 Å². The Balaban J connectivity index is 1.90. The van der Waals surface area contributed by atoms with Gasteiger partial charge in [-0.3, -0.25) is 4.79 Å². The van der Waals surface area contributed by atoms with Crippen LogP contribution in [0.25, 0.3) is 0 Å². The second-order valence-electron chi connectivity index (χ2n) is 4.35. The molecule has 1 aliphatic rings. The number of nitrogens with one attached hydrogen (secondary N) is 1. The second-order valence-corrected chi connectivity index (χ2v) is 7.15. The van der Waals surface area contributed by atoms with E-state index in [1.807, 2.05) is 11.4 Å². The van der Waals surface area contributed by atoms with Crippen molar-refractivity contribution in [1.29, 1.82) is 0 Å². The zero-order valence-electron chi connectivity index (χ0n) is 9.91. The molecule has 3 nitrogen and oxygen atoms in total. The van der Waals surface area contributed by atoms with E-state index in [-0.39, 0.29) is 5.91 Å². The molecule has 5 heteroatoms. The molecule has 1 atom stereocenters. The lowest BCUT2D eigenvalue weighted by molar-refractivity contribution is 0.0906. The van der Waals surface area contributed by atoms with Gasteiger partial charge in [-0.2, -0.15) is 0 Å². The third-order valence-electron chi connectivity index (χ3n) is 3.12. The minimum absolute atomic E-state index is 0.0760. The van der Waals surface area contributed by atoms with Gasteiger partial charge in [0, 0.05) is 18.0 Å². The summed E-state index contributed by atoms with van der Waals surface area (Å²) < 4.78 is 1.16. The highest BCUT2D eigenvalue weighted by Crippen LogP contribution is 2.17. The van der Waals surface area contributed by atoms with Crippen LogP contribution in [0.3, 0.4) is 0 Å². The van der Waals surface area contributed by atoms with Gasteiger partial charge in [0.1, 0.15) is 0 Å². The molecule has 1 fully saturated rings. The average Bonchev–Trinajstić information content (AvgIpc) is 2.76. The summed E-state index contributed by atoms with van der Waals surface area (Å²) in [6.45, 7) is 5.40. The molecule has 1 saturated heterocycles. The van der Waals surface area contributed by atoms with Gasteiger partial charge in [0.2, 0.25) is 0 Å². The van der Waals surface area contributed by atoms with Crippen molar-refractivity contribution in [2.75, 3.05) is 19.6 Å². The summed E-state index contributed by atoms with van der Waals surface area (Å²) in [5.74, 6) is 0.0760. The highest BCUT2D eigenvalue weighted by Gasteiger charge is 2.21. The molecule has 0 aromatic carbocycles. The molecule has 1 aliphatic heterocycles. The van der Waals surface area contributed by atoms with Gasteiger partial charge < -0.3 is 10.2 Å². The molecule has 2 rings (SSSR count). The maximum absolute atomic E-state index is 12.0. The summed E-state index contributed by atoms with van der Waals surface area (Å²) in [4.78, 5) is 14.4. The van der Waals surface area contributed by atoms with Crippen molar-refractivity contribution in [2.24, 2.45) is 0 Å². The van der Waals surface area contributed by atoms with Crippen molar-refractivity contribution in [3.05, 3.63) is 19.9 Å². The number of rotatable bonds is 3. The van der Waals surface area contributed by atoms with Crippen molar-refractivity contribution in [3.63, 3.8) is 0 Å². The van der Waals surface area contributed by atoms with Crippen LogP contribution in [0.15, 0.2) is 11.4 Å². The number of carbonyl (C=O) groups excluding carboxylic acids is 1. The standard InChI is InChI=1S/C12H17IN2OS/c1-2-15-5-3-4-10(7-15)14-12(16)9-6-11(13)17-8-9/h6,8,10H,2-5,7H2,1H3,(H,14,16). The zero-order valence-corrected chi connectivity index (χ0v) is 12.9. The van der Waals surface area contributed by atoms with E-state index >= 15 is 0 Å². The predicted octanol–water partition coefficient (Wildman–Crippen LogP) is 2.57. The third kappa shape index (κ3) is 3.66. The first-order valence-corrected chi connectivity index (χ1v) is 7.92. The van der Waals surface area contributed by atoms with E-state index in [0.717, 1.165) is 28.0 Å². The van der Waals surface area contributed by atoms with Crippen molar-refractivity contribution >= 4 is 39.8 Å². The van der Waals surface area contributed by atoms with Crippen LogP contribution in [0, 0.1) is 2.88 Å². The van der Waals surface area contributed by atoms with Gasteiger partial charge in [-0.25, -0.2) is 0 Å². The highest BCUT2D eigenvalue weighted by atomic mass is 127. The van der Waals surface area contributed by atoms with Crippen LogP contribution in [0.4, 0.5) is 0 Å². The summed E-state index contributed by atoms with van der Waals surface area (Å²) in [6.07, 6.45) is 2.28. The number of halogens is 1. The van der Waals surface area contributed by atoms with Gasteiger partial charge in [-0.15, -0.1) is 11.3 Å². The summed E-state index contributed by atoms with van der Waals surface area (Å²) in [5, 5.41) is 5.06. The number of piperidine rings is 1. The lowest BCUT2D eigenvalue weighted by Gasteiger charge is -2.32. The predicted molar refractivity (Wildman–Crippen MR) is 79.6 cm³/mol. The molecule has 0 saturated carbocycles. The second kappa shape index (κ2) is 6.15. The summed E-state index contributed by atoms with van der Waals surface area (Å²) in [6, 6.07) is 2.26. The molecule has 1 aromatic heterocycles. The van der Waals surface area contributed by atoms with Gasteiger partial charge in [0.15, 0.2) is 0 Å². The molecule has 2 heterocycles. The Kier molecular flexibility index (Phi) is 4.81. The van der Waals surface area contributed by atoms with Crippen molar-refractivity contribution in [1.82, 2.24) is 10.2 Å². The average molecular weight is 364 g/mol. The van der Waals surface area contributed by atoms with Gasteiger partial charge >= 0.3 is 0 Å². The monoisotopic (exact) mass is 364 g/mol. The van der Waals surface area contributed by atoms with E-state index in [4.69, 9.17) is 0 Å². The number of amides is 1. The molecule has 1 amide bonds. The van der Waals surface area contributed by atoms with Gasteiger partial charge in [0.05, 0.1) is 8.45 Å². The maximum atomic E-state index is 12.0. The highest BCUT2D eigenvalue weighted by molar-refractivity contribution is 14.1. The lowest BCUT2D eigenvalue weighted by Crippen LogP contribution is -2.47. The fraction of sp³-hybridized carbons (Fsp3) is 0.583. The van der Waals surface area contributed by atoms with Gasteiger partial charge in [-0.05, 0) is 54.6 Å². The molecule has 17 heavy (non-hydrogen) atoms. The van der Waals surface area contributed by atoms with E-state index in [1.54, 1.807) is 11.3 Å². The first kappa shape index (κ1) is 13.3. The van der Waals surface area contributed by atoms with Crippen LogP contribution in [0.2, 0.25) is 0 Å².